The number of aromatic nitrogens is 5. The number of nitrogens with zero attached hydrogens (tertiary/aromatic N) is 6. The molecule has 1 aliphatic rings. The highest BCUT2D eigenvalue weighted by atomic mass is 35.5. The van der Waals surface area contributed by atoms with E-state index in [4.69, 9.17) is 21.3 Å². The summed E-state index contributed by atoms with van der Waals surface area (Å²) in [6.45, 7) is 5.33. The van der Waals surface area contributed by atoms with Crippen LogP contribution < -0.4 is 20.5 Å². The molecule has 1 atom stereocenters. The van der Waals surface area contributed by atoms with Crippen molar-refractivity contribution in [1.29, 1.82) is 0 Å². The molecule has 12 heteroatoms. The summed E-state index contributed by atoms with van der Waals surface area (Å²) in [4.78, 5) is 45.1. The molecule has 1 aromatic carbocycles. The zero-order valence-electron chi connectivity index (χ0n) is 22.7. The van der Waals surface area contributed by atoms with Gasteiger partial charge in [0.1, 0.15) is 16.8 Å². The van der Waals surface area contributed by atoms with E-state index < -0.39 is 5.97 Å². The summed E-state index contributed by atoms with van der Waals surface area (Å²) in [5, 5.41) is 13.5. The fraction of sp³-hybridized carbons (Fsp3) is 0.357. The number of nitrogens with one attached hydrogen (secondary N) is 1. The summed E-state index contributed by atoms with van der Waals surface area (Å²) in [6.07, 6.45) is 3.27. The Hall–Kier alpha value is -4.25. The molecule has 1 saturated heterocycles. The first-order valence-electron chi connectivity index (χ1n) is 13.0. The molecule has 0 bridgehead atoms. The van der Waals surface area contributed by atoms with Gasteiger partial charge in [0.2, 0.25) is 0 Å². The number of aryl methyl sites for hydroxylation is 1. The highest BCUT2D eigenvalue weighted by Gasteiger charge is 2.27. The van der Waals surface area contributed by atoms with Gasteiger partial charge in [-0.2, -0.15) is 4.98 Å². The van der Waals surface area contributed by atoms with Crippen LogP contribution in [0.4, 0.5) is 11.5 Å². The highest BCUT2D eigenvalue weighted by molar-refractivity contribution is 6.29. The van der Waals surface area contributed by atoms with Crippen LogP contribution in [0.2, 0.25) is 5.15 Å². The zero-order valence-corrected chi connectivity index (χ0v) is 23.4. The average Bonchev–Trinajstić information content (AvgIpc) is 2.95. The third kappa shape index (κ3) is 5.29. The number of hydrogen-bond acceptors (Lipinski definition) is 9. The number of halogens is 1. The third-order valence-electron chi connectivity index (χ3n) is 7.28. The van der Waals surface area contributed by atoms with Gasteiger partial charge in [0.15, 0.2) is 5.69 Å². The largest absolute Gasteiger partial charge is 0.476 e. The van der Waals surface area contributed by atoms with Gasteiger partial charge >= 0.3 is 12.0 Å². The maximum atomic E-state index is 13.6. The summed E-state index contributed by atoms with van der Waals surface area (Å²) in [5.74, 6) is 0.431. The first-order chi connectivity index (χ1) is 19.2. The number of piperidine rings is 1. The molecule has 11 nitrogen and oxygen atoms in total. The Kier molecular flexibility index (Phi) is 7.57. The van der Waals surface area contributed by atoms with Crippen molar-refractivity contribution in [2.75, 3.05) is 30.4 Å². The van der Waals surface area contributed by atoms with Gasteiger partial charge < -0.3 is 20.1 Å². The number of ether oxygens (including phenoxy) is 1. The molecule has 40 heavy (non-hydrogen) atoms. The Morgan fingerprint density at radius 1 is 1.18 bits per heavy atom. The lowest BCUT2D eigenvalue weighted by molar-refractivity contribution is 0.0691. The van der Waals surface area contributed by atoms with Gasteiger partial charge in [-0.05, 0) is 56.5 Å². The van der Waals surface area contributed by atoms with Crippen LogP contribution >= 0.6 is 11.6 Å². The minimum atomic E-state index is -1.19. The van der Waals surface area contributed by atoms with Gasteiger partial charge in [-0.25, -0.2) is 19.7 Å². The van der Waals surface area contributed by atoms with Gasteiger partial charge in [0.05, 0.1) is 29.7 Å². The number of carboxylic acid groups (broad SMARTS) is 1. The fourth-order valence-corrected chi connectivity index (χ4v) is 5.41. The summed E-state index contributed by atoms with van der Waals surface area (Å²) in [5.41, 5.74) is 2.35. The number of methoxy groups -OCH3 is 1. The van der Waals surface area contributed by atoms with Crippen LogP contribution in [0.1, 0.15) is 59.2 Å². The lowest BCUT2D eigenvalue weighted by Crippen LogP contribution is -2.36. The number of fused-ring (bicyclic) bond motifs is 1. The van der Waals surface area contributed by atoms with E-state index in [1.54, 1.807) is 31.0 Å². The lowest BCUT2D eigenvalue weighted by Gasteiger charge is -2.33. The minimum absolute atomic E-state index is 0.0820. The summed E-state index contributed by atoms with van der Waals surface area (Å²) in [6, 6.07) is 8.77. The van der Waals surface area contributed by atoms with Crippen LogP contribution in [0.5, 0.6) is 6.01 Å². The van der Waals surface area contributed by atoms with E-state index in [1.807, 2.05) is 32.0 Å². The van der Waals surface area contributed by atoms with Crippen molar-refractivity contribution >= 4 is 40.0 Å². The topological polar surface area (TPSA) is 135 Å². The molecular weight excluding hydrogens is 534 g/mol. The van der Waals surface area contributed by atoms with Crippen molar-refractivity contribution < 1.29 is 14.6 Å². The van der Waals surface area contributed by atoms with E-state index in [0.29, 0.717) is 22.6 Å². The molecule has 2 N–H and O–H groups in total. The normalized spacial score (nSPS) is 14.8. The Morgan fingerprint density at radius 2 is 1.93 bits per heavy atom. The zero-order chi connectivity index (χ0) is 28.6. The number of carbonyl (C=O) groups is 1. The average molecular weight is 564 g/mol. The van der Waals surface area contributed by atoms with Gasteiger partial charge in [-0.1, -0.05) is 17.7 Å². The van der Waals surface area contributed by atoms with Crippen LogP contribution in [0.15, 0.2) is 41.3 Å². The first-order valence-corrected chi connectivity index (χ1v) is 13.3. The van der Waals surface area contributed by atoms with E-state index >= 15 is 0 Å². The molecule has 3 aromatic heterocycles. The Bertz CT molecular complexity index is 1650. The molecule has 0 radical (unpaired) electrons. The highest BCUT2D eigenvalue weighted by Crippen LogP contribution is 2.32. The minimum Gasteiger partial charge on any atom is -0.476 e. The molecule has 0 aliphatic carbocycles. The molecule has 208 valence electrons. The Balaban J connectivity index is 1.48. The molecule has 1 aliphatic heterocycles. The van der Waals surface area contributed by atoms with Gasteiger partial charge in [-0.15, -0.1) is 0 Å². The van der Waals surface area contributed by atoms with E-state index in [1.165, 1.54) is 6.07 Å². The quantitative estimate of drug-likeness (QED) is 0.312. The van der Waals surface area contributed by atoms with Gasteiger partial charge in [0, 0.05) is 37.8 Å². The van der Waals surface area contributed by atoms with E-state index in [9.17, 15) is 14.7 Å². The number of benzene rings is 1. The second kappa shape index (κ2) is 11.1. The molecule has 0 amide bonds. The molecule has 4 heterocycles. The Labute approximate surface area is 235 Å². The SMILES string of the molecule is COc1nccc(N2CCC(c3nc4c(C(C)Nc5ccc(Cl)nc5C(=O)O)cc(C)cc4c(=O)n3C)CC2)n1. The van der Waals surface area contributed by atoms with E-state index in [0.717, 1.165) is 48.7 Å². The number of anilines is 2. The fourth-order valence-electron chi connectivity index (χ4n) is 5.26. The van der Waals surface area contributed by atoms with Gasteiger partial charge in [-0.3, -0.25) is 9.36 Å². The van der Waals surface area contributed by atoms with Crippen LogP contribution in [-0.2, 0) is 7.05 Å². The van der Waals surface area contributed by atoms with Gasteiger partial charge in [0.25, 0.3) is 5.56 Å². The second-order valence-electron chi connectivity index (χ2n) is 9.95. The third-order valence-corrected chi connectivity index (χ3v) is 7.49. The number of rotatable bonds is 7. The maximum absolute atomic E-state index is 13.6. The summed E-state index contributed by atoms with van der Waals surface area (Å²) in [7, 11) is 3.31. The van der Waals surface area contributed by atoms with E-state index in [2.05, 4.69) is 25.2 Å². The summed E-state index contributed by atoms with van der Waals surface area (Å²) < 4.78 is 6.82. The van der Waals surface area contributed by atoms with E-state index in [-0.39, 0.29) is 28.4 Å². The standard InChI is InChI=1S/C28H30ClN7O4/c1-15-13-18(16(2)31-20-5-6-21(29)32-24(20)27(38)39)23-19(14-15)26(37)35(3)25(34-23)17-8-11-36(12-9-17)22-7-10-30-28(33-22)40-4/h5-7,10,13-14,16-17,31H,8-9,11-12H2,1-4H3,(H,38,39). The lowest BCUT2D eigenvalue weighted by atomic mass is 9.94. The van der Waals surface area contributed by atoms with Crippen LogP contribution in [0.3, 0.4) is 0 Å². The molecular formula is C28H30ClN7O4. The molecule has 5 rings (SSSR count). The molecule has 1 fully saturated rings. The number of hydrogen-bond donors (Lipinski definition) is 2. The van der Waals surface area contributed by atoms with Crippen molar-refractivity contribution in [2.45, 2.75) is 38.6 Å². The van der Waals surface area contributed by atoms with Crippen molar-refractivity contribution in [1.82, 2.24) is 24.5 Å². The predicted molar refractivity (Wildman–Crippen MR) is 153 cm³/mol. The van der Waals surface area contributed by atoms with Crippen LogP contribution in [-0.4, -0.2) is 55.8 Å². The number of aromatic carboxylic acids is 1. The van der Waals surface area contributed by atoms with Crippen molar-refractivity contribution in [3.05, 3.63) is 74.7 Å². The second-order valence-corrected chi connectivity index (χ2v) is 10.3. The monoisotopic (exact) mass is 563 g/mol. The van der Waals surface area contributed by atoms with Crippen molar-refractivity contribution in [3.63, 3.8) is 0 Å². The number of carboxylic acids is 1. The van der Waals surface area contributed by atoms with Crippen molar-refractivity contribution in [2.24, 2.45) is 7.05 Å². The predicted octanol–water partition coefficient (Wildman–Crippen LogP) is 4.34. The van der Waals surface area contributed by atoms with Crippen LogP contribution in [0.25, 0.3) is 10.9 Å². The Morgan fingerprint density at radius 3 is 2.62 bits per heavy atom. The smallest absolute Gasteiger partial charge is 0.356 e. The van der Waals surface area contributed by atoms with Crippen LogP contribution in [0, 0.1) is 6.92 Å². The first kappa shape index (κ1) is 27.3. The number of pyridine rings is 1. The molecule has 1 unspecified atom stereocenters. The van der Waals surface area contributed by atoms with Crippen molar-refractivity contribution in [3.8, 4) is 6.01 Å². The molecule has 0 spiro atoms. The maximum Gasteiger partial charge on any atom is 0.356 e. The molecule has 0 saturated carbocycles. The summed E-state index contributed by atoms with van der Waals surface area (Å²) >= 11 is 5.93. The molecule has 4 aromatic rings.